The number of amides is 1. The van der Waals surface area contributed by atoms with Crippen LogP contribution in [0.5, 0.6) is 0 Å². The topological polar surface area (TPSA) is 61.8 Å². The maximum Gasteiger partial charge on any atom is 0.223 e. The Hall–Kier alpha value is -1.43. The van der Waals surface area contributed by atoms with E-state index in [0.29, 0.717) is 18.8 Å². The summed E-state index contributed by atoms with van der Waals surface area (Å²) < 4.78 is 5.74. The first-order chi connectivity index (χ1) is 11.9. The molecular formula is C20H32N2O3. The van der Waals surface area contributed by atoms with Crippen LogP contribution in [0.25, 0.3) is 0 Å². The van der Waals surface area contributed by atoms with Crippen molar-refractivity contribution in [3.8, 4) is 0 Å². The Morgan fingerprint density at radius 1 is 1.24 bits per heavy atom. The second kappa shape index (κ2) is 9.32. The van der Waals surface area contributed by atoms with E-state index in [1.807, 2.05) is 30.3 Å². The molecule has 1 heterocycles. The molecule has 0 radical (unpaired) electrons. The molecule has 3 unspecified atom stereocenters. The minimum Gasteiger partial charge on any atom is -0.385 e. The second-order valence-electron chi connectivity index (χ2n) is 7.39. The molecule has 1 fully saturated rings. The number of hydrogen-bond donors (Lipinski definition) is 2. The fraction of sp³-hybridized carbons (Fsp3) is 0.650. The SMILES string of the molecule is CC1CN(CCCCNC(=O)CC(C)(O)c2ccccc2)CC(C)O1. The number of nitrogens with one attached hydrogen (secondary N) is 1. The zero-order chi connectivity index (χ0) is 18.3. The summed E-state index contributed by atoms with van der Waals surface area (Å²) in [5.41, 5.74) is -0.369. The normalized spacial score (nSPS) is 23.8. The molecular weight excluding hydrogens is 316 g/mol. The summed E-state index contributed by atoms with van der Waals surface area (Å²) in [6, 6.07) is 9.33. The number of benzene rings is 1. The van der Waals surface area contributed by atoms with E-state index in [0.717, 1.165) is 38.0 Å². The van der Waals surface area contributed by atoms with Crippen LogP contribution in [0.4, 0.5) is 0 Å². The molecule has 0 aromatic heterocycles. The van der Waals surface area contributed by atoms with Gasteiger partial charge < -0.3 is 15.2 Å². The number of aliphatic hydroxyl groups is 1. The lowest BCUT2D eigenvalue weighted by atomic mass is 9.92. The van der Waals surface area contributed by atoms with Crippen LogP contribution in [0.15, 0.2) is 30.3 Å². The number of carbonyl (C=O) groups excluding carboxylic acids is 1. The van der Waals surface area contributed by atoms with Crippen molar-refractivity contribution in [3.05, 3.63) is 35.9 Å². The lowest BCUT2D eigenvalue weighted by Crippen LogP contribution is -2.45. The van der Waals surface area contributed by atoms with Crippen LogP contribution in [0.1, 0.15) is 45.6 Å². The van der Waals surface area contributed by atoms with Gasteiger partial charge in [0.2, 0.25) is 5.91 Å². The van der Waals surface area contributed by atoms with Gasteiger partial charge in [-0.2, -0.15) is 0 Å². The van der Waals surface area contributed by atoms with Gasteiger partial charge in [-0.1, -0.05) is 30.3 Å². The standard InChI is InChI=1S/C20H32N2O3/c1-16-14-22(15-17(2)25-16)12-8-7-11-21-19(23)13-20(3,24)18-9-5-4-6-10-18/h4-6,9-10,16-17,24H,7-8,11-15H2,1-3H3,(H,21,23). The zero-order valence-corrected chi connectivity index (χ0v) is 15.7. The molecule has 1 amide bonds. The van der Waals surface area contributed by atoms with E-state index >= 15 is 0 Å². The van der Waals surface area contributed by atoms with E-state index in [2.05, 4.69) is 24.1 Å². The number of unbranched alkanes of at least 4 members (excludes halogenated alkanes) is 1. The van der Waals surface area contributed by atoms with Gasteiger partial charge in [0, 0.05) is 19.6 Å². The predicted octanol–water partition coefficient (Wildman–Crippen LogP) is 2.29. The van der Waals surface area contributed by atoms with Crippen LogP contribution in [0.2, 0.25) is 0 Å². The zero-order valence-electron chi connectivity index (χ0n) is 15.7. The monoisotopic (exact) mass is 348 g/mol. The summed E-state index contributed by atoms with van der Waals surface area (Å²) in [7, 11) is 0. The lowest BCUT2D eigenvalue weighted by Gasteiger charge is -2.35. The Morgan fingerprint density at radius 3 is 2.52 bits per heavy atom. The summed E-state index contributed by atoms with van der Waals surface area (Å²) in [6.07, 6.45) is 2.66. The molecule has 1 aliphatic rings. The molecule has 5 nitrogen and oxygen atoms in total. The number of morpholine rings is 1. The quantitative estimate of drug-likeness (QED) is 0.708. The largest absolute Gasteiger partial charge is 0.385 e. The van der Waals surface area contributed by atoms with Gasteiger partial charge in [-0.3, -0.25) is 9.69 Å². The molecule has 25 heavy (non-hydrogen) atoms. The third kappa shape index (κ3) is 6.77. The van der Waals surface area contributed by atoms with E-state index in [1.54, 1.807) is 6.92 Å². The molecule has 1 aliphatic heterocycles. The van der Waals surface area contributed by atoms with Crippen LogP contribution in [0, 0.1) is 0 Å². The number of carbonyl (C=O) groups is 1. The van der Waals surface area contributed by atoms with Crippen molar-refractivity contribution in [2.24, 2.45) is 0 Å². The average molecular weight is 348 g/mol. The fourth-order valence-electron chi connectivity index (χ4n) is 3.43. The highest BCUT2D eigenvalue weighted by Gasteiger charge is 2.26. The average Bonchev–Trinajstić information content (AvgIpc) is 2.54. The van der Waals surface area contributed by atoms with E-state index in [4.69, 9.17) is 4.74 Å². The van der Waals surface area contributed by atoms with E-state index in [9.17, 15) is 9.90 Å². The number of nitrogens with zero attached hydrogens (tertiary/aromatic N) is 1. The Kier molecular flexibility index (Phi) is 7.41. The van der Waals surface area contributed by atoms with Gasteiger partial charge in [-0.05, 0) is 45.7 Å². The summed E-state index contributed by atoms with van der Waals surface area (Å²) in [6.45, 7) is 9.56. The summed E-state index contributed by atoms with van der Waals surface area (Å²) in [4.78, 5) is 14.5. The third-order valence-electron chi connectivity index (χ3n) is 4.62. The second-order valence-corrected chi connectivity index (χ2v) is 7.39. The van der Waals surface area contributed by atoms with Gasteiger partial charge >= 0.3 is 0 Å². The lowest BCUT2D eigenvalue weighted by molar-refractivity contribution is -0.125. The van der Waals surface area contributed by atoms with Crippen LogP contribution < -0.4 is 5.32 Å². The molecule has 1 aromatic rings. The highest BCUT2D eigenvalue weighted by atomic mass is 16.5. The molecule has 1 saturated heterocycles. The Balaban J connectivity index is 1.62. The van der Waals surface area contributed by atoms with Crippen LogP contribution in [0.3, 0.4) is 0 Å². The van der Waals surface area contributed by atoms with Gasteiger partial charge in [-0.25, -0.2) is 0 Å². The molecule has 0 aliphatic carbocycles. The number of ether oxygens (including phenoxy) is 1. The molecule has 2 rings (SSSR count). The van der Waals surface area contributed by atoms with E-state index in [1.165, 1.54) is 0 Å². The number of rotatable bonds is 8. The van der Waals surface area contributed by atoms with Crippen molar-refractivity contribution in [2.75, 3.05) is 26.2 Å². The van der Waals surface area contributed by atoms with Crippen molar-refractivity contribution in [2.45, 2.75) is 57.8 Å². The third-order valence-corrected chi connectivity index (χ3v) is 4.62. The first-order valence-corrected chi connectivity index (χ1v) is 9.29. The van der Waals surface area contributed by atoms with Crippen LogP contribution in [-0.4, -0.2) is 54.3 Å². The van der Waals surface area contributed by atoms with Crippen molar-refractivity contribution >= 4 is 5.91 Å². The first kappa shape index (κ1) is 19.9. The van der Waals surface area contributed by atoms with Crippen molar-refractivity contribution in [3.63, 3.8) is 0 Å². The van der Waals surface area contributed by atoms with Gasteiger partial charge in [0.25, 0.3) is 0 Å². The van der Waals surface area contributed by atoms with Crippen LogP contribution in [-0.2, 0) is 15.1 Å². The Bertz CT molecular complexity index is 523. The Labute approximate surface area is 151 Å². The molecule has 3 atom stereocenters. The molecule has 140 valence electrons. The molecule has 1 aromatic carbocycles. The van der Waals surface area contributed by atoms with Gasteiger partial charge in [-0.15, -0.1) is 0 Å². The minimum absolute atomic E-state index is 0.0789. The van der Waals surface area contributed by atoms with E-state index in [-0.39, 0.29) is 12.3 Å². The summed E-state index contributed by atoms with van der Waals surface area (Å²) in [5, 5.41) is 13.4. The smallest absolute Gasteiger partial charge is 0.223 e. The van der Waals surface area contributed by atoms with E-state index < -0.39 is 5.60 Å². The molecule has 2 N–H and O–H groups in total. The molecule has 0 saturated carbocycles. The van der Waals surface area contributed by atoms with Gasteiger partial charge in [0.1, 0.15) is 0 Å². The molecule has 5 heteroatoms. The molecule has 0 bridgehead atoms. The van der Waals surface area contributed by atoms with Gasteiger partial charge in [0.15, 0.2) is 0 Å². The Morgan fingerprint density at radius 2 is 1.88 bits per heavy atom. The predicted molar refractivity (Wildman–Crippen MR) is 99.3 cm³/mol. The van der Waals surface area contributed by atoms with Gasteiger partial charge in [0.05, 0.1) is 24.2 Å². The van der Waals surface area contributed by atoms with Crippen molar-refractivity contribution in [1.29, 1.82) is 0 Å². The maximum absolute atomic E-state index is 12.1. The first-order valence-electron chi connectivity index (χ1n) is 9.29. The number of hydrogen-bond acceptors (Lipinski definition) is 4. The van der Waals surface area contributed by atoms with Crippen LogP contribution >= 0.6 is 0 Å². The molecule has 0 spiro atoms. The maximum atomic E-state index is 12.1. The fourth-order valence-corrected chi connectivity index (χ4v) is 3.43. The highest BCUT2D eigenvalue weighted by Crippen LogP contribution is 2.23. The summed E-state index contributed by atoms with van der Waals surface area (Å²) in [5.74, 6) is -0.109. The summed E-state index contributed by atoms with van der Waals surface area (Å²) >= 11 is 0. The van der Waals surface area contributed by atoms with Crippen molar-refractivity contribution in [1.82, 2.24) is 10.2 Å². The van der Waals surface area contributed by atoms with Crippen molar-refractivity contribution < 1.29 is 14.6 Å². The minimum atomic E-state index is -1.13. The highest BCUT2D eigenvalue weighted by molar-refractivity contribution is 5.77.